The lowest BCUT2D eigenvalue weighted by Crippen LogP contribution is -2.35. The number of Topliss-reactive ketones (excluding diaryl/α,β-unsaturated/α-hetero) is 2. The zero-order valence-electron chi connectivity index (χ0n) is 14.7. The highest BCUT2D eigenvalue weighted by molar-refractivity contribution is 6.43. The second kappa shape index (κ2) is 8.66. The molecular weight excluding hydrogens is 338 g/mol. The van der Waals surface area contributed by atoms with Gasteiger partial charge in [0.15, 0.2) is 17.3 Å². The number of hydrogen-bond acceptors (Lipinski definition) is 6. The molecule has 0 aromatic heterocycles. The SMILES string of the molecule is COc1cc(C(=O)CNC(=O)C(=O)c2ccccc2)cc(OC)c1OC. The molecule has 136 valence electrons. The summed E-state index contributed by atoms with van der Waals surface area (Å²) in [4.78, 5) is 36.3. The molecule has 26 heavy (non-hydrogen) atoms. The summed E-state index contributed by atoms with van der Waals surface area (Å²) in [7, 11) is 4.33. The first-order valence-electron chi connectivity index (χ1n) is 7.72. The van der Waals surface area contributed by atoms with Gasteiger partial charge in [-0.3, -0.25) is 14.4 Å². The van der Waals surface area contributed by atoms with Crippen molar-refractivity contribution in [1.82, 2.24) is 5.32 Å². The van der Waals surface area contributed by atoms with Crippen molar-refractivity contribution in [2.24, 2.45) is 0 Å². The molecule has 7 heteroatoms. The van der Waals surface area contributed by atoms with E-state index in [4.69, 9.17) is 14.2 Å². The number of nitrogens with one attached hydrogen (secondary N) is 1. The molecule has 1 N–H and O–H groups in total. The van der Waals surface area contributed by atoms with E-state index in [1.807, 2.05) is 0 Å². The first-order valence-corrected chi connectivity index (χ1v) is 7.72. The van der Waals surface area contributed by atoms with Gasteiger partial charge >= 0.3 is 0 Å². The third-order valence-electron chi connectivity index (χ3n) is 3.64. The fourth-order valence-electron chi connectivity index (χ4n) is 2.31. The molecule has 1 amide bonds. The van der Waals surface area contributed by atoms with Crippen molar-refractivity contribution in [3.8, 4) is 17.2 Å². The van der Waals surface area contributed by atoms with Gasteiger partial charge in [0.25, 0.3) is 5.91 Å². The lowest BCUT2D eigenvalue weighted by molar-refractivity contribution is -0.116. The molecule has 0 aliphatic heterocycles. The Labute approximate surface area is 150 Å². The second-order valence-corrected chi connectivity index (χ2v) is 5.22. The molecule has 0 aliphatic carbocycles. The van der Waals surface area contributed by atoms with Gasteiger partial charge in [-0.25, -0.2) is 0 Å². The van der Waals surface area contributed by atoms with E-state index in [2.05, 4.69) is 5.32 Å². The molecule has 0 spiro atoms. The summed E-state index contributed by atoms with van der Waals surface area (Å²) in [5, 5.41) is 2.33. The van der Waals surface area contributed by atoms with E-state index in [9.17, 15) is 14.4 Å². The molecule has 2 aromatic rings. The highest BCUT2D eigenvalue weighted by atomic mass is 16.5. The Morgan fingerprint density at radius 1 is 0.846 bits per heavy atom. The molecular formula is C19H19NO6. The lowest BCUT2D eigenvalue weighted by atomic mass is 10.1. The topological polar surface area (TPSA) is 90.9 Å². The van der Waals surface area contributed by atoms with Gasteiger partial charge in [-0.1, -0.05) is 30.3 Å². The Morgan fingerprint density at radius 2 is 1.42 bits per heavy atom. The van der Waals surface area contributed by atoms with E-state index in [0.29, 0.717) is 17.2 Å². The smallest absolute Gasteiger partial charge is 0.292 e. The first kappa shape index (κ1) is 19.0. The minimum absolute atomic E-state index is 0.255. The predicted molar refractivity (Wildman–Crippen MR) is 94.2 cm³/mol. The highest BCUT2D eigenvalue weighted by Gasteiger charge is 2.20. The van der Waals surface area contributed by atoms with Crippen LogP contribution >= 0.6 is 0 Å². The first-order chi connectivity index (χ1) is 12.5. The van der Waals surface area contributed by atoms with Crippen LogP contribution in [0.3, 0.4) is 0 Å². The maximum Gasteiger partial charge on any atom is 0.292 e. The molecule has 0 saturated carbocycles. The summed E-state index contributed by atoms with van der Waals surface area (Å²) in [6, 6.07) is 11.1. The molecule has 0 saturated heterocycles. The molecule has 0 aliphatic rings. The second-order valence-electron chi connectivity index (χ2n) is 5.22. The van der Waals surface area contributed by atoms with Gasteiger partial charge in [-0.2, -0.15) is 0 Å². The van der Waals surface area contributed by atoms with Gasteiger partial charge < -0.3 is 19.5 Å². The maximum absolute atomic E-state index is 12.4. The number of methoxy groups -OCH3 is 3. The van der Waals surface area contributed by atoms with Crippen LogP contribution in [0.5, 0.6) is 17.2 Å². The zero-order chi connectivity index (χ0) is 19.1. The van der Waals surface area contributed by atoms with E-state index in [1.54, 1.807) is 18.2 Å². The van der Waals surface area contributed by atoms with Gasteiger partial charge in [0.05, 0.1) is 27.9 Å². The number of rotatable bonds is 8. The molecule has 0 atom stereocenters. The van der Waals surface area contributed by atoms with Crippen LogP contribution in [0.1, 0.15) is 20.7 Å². The van der Waals surface area contributed by atoms with Crippen LogP contribution in [0, 0.1) is 0 Å². The fourth-order valence-corrected chi connectivity index (χ4v) is 2.31. The van der Waals surface area contributed by atoms with Gasteiger partial charge in [-0.15, -0.1) is 0 Å². The third kappa shape index (κ3) is 4.18. The number of ether oxygens (including phenoxy) is 3. The number of amides is 1. The average Bonchev–Trinajstić information content (AvgIpc) is 2.70. The molecule has 2 aromatic carbocycles. The van der Waals surface area contributed by atoms with E-state index in [0.717, 1.165) is 0 Å². The summed E-state index contributed by atoms with van der Waals surface area (Å²) in [5.41, 5.74) is 0.511. The Morgan fingerprint density at radius 3 is 1.92 bits per heavy atom. The monoisotopic (exact) mass is 357 g/mol. The summed E-state index contributed by atoms with van der Waals surface area (Å²) < 4.78 is 15.6. The van der Waals surface area contributed by atoms with E-state index >= 15 is 0 Å². The van der Waals surface area contributed by atoms with Gasteiger partial charge in [-0.05, 0) is 12.1 Å². The molecule has 2 rings (SSSR count). The minimum atomic E-state index is -0.850. The van der Waals surface area contributed by atoms with Crippen LogP contribution in [0.25, 0.3) is 0 Å². The molecule has 0 fully saturated rings. The van der Waals surface area contributed by atoms with Crippen molar-refractivity contribution in [2.45, 2.75) is 0 Å². The summed E-state index contributed by atoms with van der Waals surface area (Å²) in [6.45, 7) is -0.337. The Kier molecular flexibility index (Phi) is 6.32. The number of carbonyl (C=O) groups excluding carboxylic acids is 3. The minimum Gasteiger partial charge on any atom is -0.493 e. The third-order valence-corrected chi connectivity index (χ3v) is 3.64. The van der Waals surface area contributed by atoms with Gasteiger partial charge in [0, 0.05) is 11.1 Å². The van der Waals surface area contributed by atoms with E-state index < -0.39 is 17.5 Å². The summed E-state index contributed by atoms with van der Waals surface area (Å²) in [6.07, 6.45) is 0. The summed E-state index contributed by atoms with van der Waals surface area (Å²) >= 11 is 0. The largest absolute Gasteiger partial charge is 0.493 e. The van der Waals surface area contributed by atoms with Gasteiger partial charge in [0.2, 0.25) is 11.5 Å². The van der Waals surface area contributed by atoms with Crippen LogP contribution in [0.2, 0.25) is 0 Å². The van der Waals surface area contributed by atoms with Gasteiger partial charge in [0.1, 0.15) is 0 Å². The zero-order valence-corrected chi connectivity index (χ0v) is 14.7. The summed E-state index contributed by atoms with van der Waals surface area (Å²) in [5.74, 6) is -0.961. The Bertz CT molecular complexity index is 791. The van der Waals surface area contributed by atoms with Crippen LogP contribution in [-0.2, 0) is 4.79 Å². The van der Waals surface area contributed by atoms with Crippen LogP contribution in [0.15, 0.2) is 42.5 Å². The van der Waals surface area contributed by atoms with E-state index in [-0.39, 0.29) is 17.7 Å². The predicted octanol–water partition coefficient (Wildman–Crippen LogP) is 1.89. The normalized spacial score (nSPS) is 9.96. The fraction of sp³-hybridized carbons (Fsp3) is 0.211. The van der Waals surface area contributed by atoms with Crippen molar-refractivity contribution in [1.29, 1.82) is 0 Å². The van der Waals surface area contributed by atoms with E-state index in [1.165, 1.54) is 45.6 Å². The van der Waals surface area contributed by atoms with Crippen molar-refractivity contribution in [2.75, 3.05) is 27.9 Å². The van der Waals surface area contributed by atoms with Crippen LogP contribution in [0.4, 0.5) is 0 Å². The lowest BCUT2D eigenvalue weighted by Gasteiger charge is -2.13. The van der Waals surface area contributed by atoms with Crippen LogP contribution < -0.4 is 19.5 Å². The number of carbonyl (C=O) groups is 3. The molecule has 0 unspecified atom stereocenters. The maximum atomic E-state index is 12.4. The molecule has 0 bridgehead atoms. The van der Waals surface area contributed by atoms with Crippen LogP contribution in [-0.4, -0.2) is 45.3 Å². The Balaban J connectivity index is 2.10. The molecule has 0 heterocycles. The van der Waals surface area contributed by atoms with Crippen molar-refractivity contribution in [3.63, 3.8) is 0 Å². The average molecular weight is 357 g/mol. The van der Waals surface area contributed by atoms with Crippen molar-refractivity contribution >= 4 is 17.5 Å². The standard InChI is InChI=1S/C19H19NO6/c1-24-15-9-13(10-16(25-2)18(15)26-3)14(21)11-20-19(23)17(22)12-7-5-4-6-8-12/h4-10H,11H2,1-3H3,(H,20,23). The molecule has 0 radical (unpaired) electrons. The number of hydrogen-bond donors (Lipinski definition) is 1. The molecule has 7 nitrogen and oxygen atoms in total. The Hall–Kier alpha value is -3.35. The van der Waals surface area contributed by atoms with Crippen molar-refractivity contribution in [3.05, 3.63) is 53.6 Å². The highest BCUT2D eigenvalue weighted by Crippen LogP contribution is 2.38. The number of benzene rings is 2. The quantitative estimate of drug-likeness (QED) is 0.573. The number of ketones is 2. The van der Waals surface area contributed by atoms with Crippen molar-refractivity contribution < 1.29 is 28.6 Å².